The van der Waals surface area contributed by atoms with E-state index < -0.39 is 5.66 Å². The Morgan fingerprint density at radius 2 is 1.43 bits per heavy atom. The number of para-hydroxylation sites is 3. The average Bonchev–Trinajstić information content (AvgIpc) is 3.65. The lowest BCUT2D eigenvalue weighted by molar-refractivity contribution is 0.270. The summed E-state index contributed by atoms with van der Waals surface area (Å²) in [5, 5.41) is 16.6. The molecule has 0 saturated carbocycles. The molecule has 47 heavy (non-hydrogen) atoms. The van der Waals surface area contributed by atoms with Crippen LogP contribution in [0.5, 0.6) is 0 Å². The maximum absolute atomic E-state index is 9.89. The summed E-state index contributed by atoms with van der Waals surface area (Å²) in [6.07, 6.45) is 12.2. The van der Waals surface area contributed by atoms with E-state index >= 15 is 0 Å². The van der Waals surface area contributed by atoms with Crippen LogP contribution in [0.25, 0.3) is 38.5 Å². The number of hydrogen-bond acceptors (Lipinski definition) is 3. The van der Waals surface area contributed by atoms with E-state index in [0.29, 0.717) is 11.5 Å². The van der Waals surface area contributed by atoms with E-state index in [2.05, 4.69) is 155 Å². The van der Waals surface area contributed by atoms with Gasteiger partial charge in [-0.1, -0.05) is 115 Å². The molecule has 0 amide bonds. The lowest BCUT2D eigenvalue weighted by Crippen LogP contribution is -2.62. The number of benzene rings is 5. The first-order valence-corrected chi connectivity index (χ1v) is 16.4. The molecule has 0 radical (unpaired) electrons. The maximum Gasteiger partial charge on any atom is 0.106 e. The first kappa shape index (κ1) is 27.7. The van der Waals surface area contributed by atoms with E-state index in [1.807, 2.05) is 24.3 Å². The molecule has 226 valence electrons. The number of hydrogen-bond donors (Lipinski definition) is 1. The molecule has 3 aliphatic rings. The fraction of sp³-hybridized carbons (Fsp3) is 0.140. The third-order valence-corrected chi connectivity index (χ3v) is 10.3. The van der Waals surface area contributed by atoms with Crippen LogP contribution in [-0.4, -0.2) is 16.3 Å². The summed E-state index contributed by atoms with van der Waals surface area (Å²) in [4.78, 5) is 2.63. The van der Waals surface area contributed by atoms with E-state index in [1.165, 1.54) is 44.2 Å². The molecule has 3 heterocycles. The van der Waals surface area contributed by atoms with Gasteiger partial charge in [0, 0.05) is 28.8 Å². The van der Waals surface area contributed by atoms with Gasteiger partial charge in [-0.3, -0.25) is 5.32 Å². The molecule has 6 aromatic rings. The number of anilines is 1. The molecule has 0 spiro atoms. The van der Waals surface area contributed by atoms with Crippen molar-refractivity contribution in [3.8, 4) is 17.2 Å². The monoisotopic (exact) mass is 606 g/mol. The molecule has 1 aromatic heterocycles. The van der Waals surface area contributed by atoms with Gasteiger partial charge in [0.2, 0.25) is 0 Å². The van der Waals surface area contributed by atoms with Crippen LogP contribution < -0.4 is 10.2 Å². The quantitative estimate of drug-likeness (QED) is 0.217. The van der Waals surface area contributed by atoms with Crippen LogP contribution in [0, 0.1) is 11.3 Å². The van der Waals surface area contributed by atoms with Crippen LogP contribution in [0.2, 0.25) is 0 Å². The van der Waals surface area contributed by atoms with Crippen LogP contribution in [0.1, 0.15) is 42.1 Å². The maximum atomic E-state index is 9.89. The predicted octanol–water partition coefficient (Wildman–Crippen LogP) is 9.72. The summed E-state index contributed by atoms with van der Waals surface area (Å²) < 4.78 is 2.48. The first-order chi connectivity index (χ1) is 23.1. The Balaban J connectivity index is 1.25. The van der Waals surface area contributed by atoms with Crippen molar-refractivity contribution in [2.45, 2.75) is 37.1 Å². The Kier molecular flexibility index (Phi) is 6.31. The van der Waals surface area contributed by atoms with Crippen molar-refractivity contribution in [1.29, 1.82) is 5.26 Å². The molecule has 3 unspecified atom stereocenters. The van der Waals surface area contributed by atoms with Crippen molar-refractivity contribution < 1.29 is 0 Å². The average molecular weight is 607 g/mol. The van der Waals surface area contributed by atoms with Crippen molar-refractivity contribution in [1.82, 2.24) is 9.88 Å². The van der Waals surface area contributed by atoms with Crippen molar-refractivity contribution in [2.24, 2.45) is 0 Å². The largest absolute Gasteiger partial charge is 0.345 e. The standard InChI is InChI=1S/C43H34N4/c1-43(47-40-23-10-6-19-36(40)37-20-7-11-24-41(37)47)27-32(29-14-12-15-30(25-29)33-16-3-2-13-31(33)28-44)26-42(45-43)46-38-21-8-4-17-34(38)35-18-5-9-22-39(35)46/h2-26,36,40,42,45H,27H2,1H3/t36?,40-,42?,43?/m1/s1. The van der Waals surface area contributed by atoms with Crippen LogP contribution >= 0.6 is 0 Å². The van der Waals surface area contributed by atoms with Gasteiger partial charge >= 0.3 is 0 Å². The fourth-order valence-electron chi connectivity index (χ4n) is 8.37. The third-order valence-electron chi connectivity index (χ3n) is 10.3. The van der Waals surface area contributed by atoms with E-state index in [4.69, 9.17) is 0 Å². The highest BCUT2D eigenvalue weighted by Gasteiger charge is 2.48. The Bertz CT molecular complexity index is 2280. The van der Waals surface area contributed by atoms with E-state index in [9.17, 15) is 5.26 Å². The van der Waals surface area contributed by atoms with Crippen LogP contribution in [0.4, 0.5) is 5.69 Å². The van der Waals surface area contributed by atoms with E-state index in [0.717, 1.165) is 17.5 Å². The van der Waals surface area contributed by atoms with Gasteiger partial charge in [0.05, 0.1) is 34.4 Å². The van der Waals surface area contributed by atoms with Crippen LogP contribution in [-0.2, 0) is 0 Å². The van der Waals surface area contributed by atoms with Gasteiger partial charge in [0.1, 0.15) is 6.17 Å². The summed E-state index contributed by atoms with van der Waals surface area (Å²) in [6.45, 7) is 2.38. The second-order valence-corrected chi connectivity index (χ2v) is 13.1. The Labute approximate surface area is 275 Å². The SMILES string of the molecule is CC1(N2c3ccccc3C3C=CC=C[C@H]32)CC(c2cccc(-c3ccccc3C#N)c2)=CC(n2c3ccccc3c3ccccc32)N1. The molecule has 2 aliphatic heterocycles. The first-order valence-electron chi connectivity index (χ1n) is 16.4. The zero-order valence-electron chi connectivity index (χ0n) is 26.2. The van der Waals surface area contributed by atoms with Crippen LogP contribution in [0.3, 0.4) is 0 Å². The highest BCUT2D eigenvalue weighted by atomic mass is 15.4. The zero-order valence-corrected chi connectivity index (χ0v) is 26.2. The van der Waals surface area contributed by atoms with Crippen molar-refractivity contribution in [3.63, 3.8) is 0 Å². The number of rotatable bonds is 4. The topological polar surface area (TPSA) is 44.0 Å². The second-order valence-electron chi connectivity index (χ2n) is 13.1. The number of fused-ring (bicyclic) bond motifs is 6. The number of nitriles is 1. The second kappa shape index (κ2) is 10.7. The molecule has 1 N–H and O–H groups in total. The lowest BCUT2D eigenvalue weighted by Gasteiger charge is -2.50. The molecule has 0 bridgehead atoms. The molecule has 0 saturated heterocycles. The highest BCUT2D eigenvalue weighted by Crippen LogP contribution is 2.50. The van der Waals surface area contributed by atoms with Crippen molar-refractivity contribution in [3.05, 3.63) is 168 Å². The molecular formula is C43H34N4. The predicted molar refractivity (Wildman–Crippen MR) is 193 cm³/mol. The van der Waals surface area contributed by atoms with Gasteiger partial charge in [-0.25, -0.2) is 0 Å². The number of aromatic nitrogens is 1. The Morgan fingerprint density at radius 3 is 2.23 bits per heavy atom. The lowest BCUT2D eigenvalue weighted by atomic mass is 9.86. The molecule has 4 nitrogen and oxygen atoms in total. The minimum Gasteiger partial charge on any atom is -0.345 e. The molecule has 9 rings (SSSR count). The highest BCUT2D eigenvalue weighted by molar-refractivity contribution is 6.08. The van der Waals surface area contributed by atoms with Crippen LogP contribution in [0.15, 0.2) is 152 Å². The van der Waals surface area contributed by atoms with Crippen molar-refractivity contribution in [2.75, 3.05) is 4.90 Å². The molecule has 5 aromatic carbocycles. The number of nitrogens with one attached hydrogen (secondary N) is 1. The third kappa shape index (κ3) is 4.31. The van der Waals surface area contributed by atoms with Gasteiger partial charge < -0.3 is 9.47 Å². The van der Waals surface area contributed by atoms with Gasteiger partial charge in [0.25, 0.3) is 0 Å². The Hall–Kier alpha value is -5.63. The van der Waals surface area contributed by atoms with Crippen molar-refractivity contribution >= 4 is 33.1 Å². The van der Waals surface area contributed by atoms with Gasteiger partial charge in [-0.05, 0) is 71.2 Å². The van der Waals surface area contributed by atoms with E-state index in [-0.39, 0.29) is 12.2 Å². The van der Waals surface area contributed by atoms with Gasteiger partial charge in [0.15, 0.2) is 0 Å². The smallest absolute Gasteiger partial charge is 0.106 e. The molecule has 4 heteroatoms. The molecule has 4 atom stereocenters. The zero-order chi connectivity index (χ0) is 31.5. The molecule has 0 fully saturated rings. The summed E-state index contributed by atoms with van der Waals surface area (Å²) >= 11 is 0. The fourth-order valence-corrected chi connectivity index (χ4v) is 8.37. The summed E-state index contributed by atoms with van der Waals surface area (Å²) in [5.41, 5.74) is 9.83. The van der Waals surface area contributed by atoms with Gasteiger partial charge in [-0.15, -0.1) is 0 Å². The normalized spacial score (nSPS) is 23.0. The van der Waals surface area contributed by atoms with E-state index in [1.54, 1.807) is 0 Å². The molecule has 1 aliphatic carbocycles. The number of allylic oxidation sites excluding steroid dienone is 2. The minimum absolute atomic E-state index is 0.113. The number of nitrogens with zero attached hydrogens (tertiary/aromatic N) is 3. The summed E-state index contributed by atoms with van der Waals surface area (Å²) in [5.74, 6) is 0.307. The van der Waals surface area contributed by atoms with Gasteiger partial charge in [-0.2, -0.15) is 5.26 Å². The minimum atomic E-state index is -0.424. The molecular weight excluding hydrogens is 573 g/mol. The Morgan fingerprint density at radius 1 is 0.745 bits per heavy atom. The summed E-state index contributed by atoms with van der Waals surface area (Å²) in [6, 6.07) is 45.6. The summed E-state index contributed by atoms with van der Waals surface area (Å²) in [7, 11) is 0.